The molecule has 31 heavy (non-hydrogen) atoms. The Morgan fingerprint density at radius 2 is 2.03 bits per heavy atom. The van der Waals surface area contributed by atoms with Crippen LogP contribution in [0.15, 0.2) is 54.9 Å². The van der Waals surface area contributed by atoms with Crippen LogP contribution in [0.4, 0.5) is 0 Å². The predicted octanol–water partition coefficient (Wildman–Crippen LogP) is 2.09. The number of pyridine rings is 1. The average Bonchev–Trinajstić information content (AvgIpc) is 3.38. The van der Waals surface area contributed by atoms with Gasteiger partial charge in [-0.1, -0.05) is 35.5 Å². The number of carbonyl (C=O) groups excluding carboxylic acids is 2. The van der Waals surface area contributed by atoms with E-state index in [0.29, 0.717) is 43.2 Å². The van der Waals surface area contributed by atoms with Crippen LogP contribution in [0.3, 0.4) is 0 Å². The summed E-state index contributed by atoms with van der Waals surface area (Å²) in [7, 11) is 1.51. The van der Waals surface area contributed by atoms with Crippen molar-refractivity contribution in [3.63, 3.8) is 0 Å². The average molecular weight is 421 g/mol. The van der Waals surface area contributed by atoms with Gasteiger partial charge in [0.05, 0.1) is 18.9 Å². The van der Waals surface area contributed by atoms with Crippen molar-refractivity contribution in [2.45, 2.75) is 26.1 Å². The quantitative estimate of drug-likeness (QED) is 0.514. The third-order valence-corrected chi connectivity index (χ3v) is 5.07. The zero-order valence-electron chi connectivity index (χ0n) is 17.2. The number of hydrogen-bond donors (Lipinski definition) is 0. The Balaban J connectivity index is 1.27. The van der Waals surface area contributed by atoms with E-state index >= 15 is 0 Å². The Morgan fingerprint density at radius 1 is 1.19 bits per heavy atom. The van der Waals surface area contributed by atoms with Crippen molar-refractivity contribution in [2.24, 2.45) is 5.92 Å². The number of rotatable bonds is 8. The third kappa shape index (κ3) is 5.25. The Hall–Kier alpha value is -3.75. The number of hydrogen-bond acceptors (Lipinski definition) is 7. The summed E-state index contributed by atoms with van der Waals surface area (Å²) in [6.07, 6.45) is 3.63. The Bertz CT molecular complexity index is 1040. The van der Waals surface area contributed by atoms with Crippen LogP contribution in [0.5, 0.6) is 5.88 Å². The minimum absolute atomic E-state index is 0.00852. The molecular weight excluding hydrogens is 398 g/mol. The largest absolute Gasteiger partial charge is 0.481 e. The maximum absolute atomic E-state index is 12.3. The summed E-state index contributed by atoms with van der Waals surface area (Å²) in [5.41, 5.74) is 1.99. The van der Waals surface area contributed by atoms with Crippen LogP contribution in [-0.2, 0) is 29.2 Å². The van der Waals surface area contributed by atoms with E-state index in [9.17, 15) is 9.59 Å². The fourth-order valence-electron chi connectivity index (χ4n) is 3.54. The molecule has 0 bridgehead atoms. The van der Waals surface area contributed by atoms with Crippen molar-refractivity contribution in [3.8, 4) is 5.88 Å². The highest BCUT2D eigenvalue weighted by atomic mass is 16.5. The third-order valence-electron chi connectivity index (χ3n) is 5.07. The topological polar surface area (TPSA) is 99.4 Å². The minimum Gasteiger partial charge on any atom is -0.481 e. The number of carbonyl (C=O) groups is 2. The summed E-state index contributed by atoms with van der Waals surface area (Å²) >= 11 is 0. The molecule has 3 heterocycles. The molecule has 1 atom stereocenters. The van der Waals surface area contributed by atoms with Crippen molar-refractivity contribution >= 4 is 11.9 Å². The maximum Gasteiger partial charge on any atom is 0.340 e. The van der Waals surface area contributed by atoms with Crippen molar-refractivity contribution < 1.29 is 19.1 Å². The number of methoxy groups -OCH3 is 1. The molecule has 0 aliphatic carbocycles. The number of nitrogens with zero attached hydrogens (tertiary/aromatic N) is 5. The second-order valence-corrected chi connectivity index (χ2v) is 7.43. The molecule has 0 saturated carbocycles. The molecule has 1 aromatic carbocycles. The second kappa shape index (κ2) is 9.38. The van der Waals surface area contributed by atoms with Gasteiger partial charge in [-0.15, -0.1) is 5.10 Å². The van der Waals surface area contributed by atoms with Gasteiger partial charge in [-0.25, -0.2) is 9.78 Å². The van der Waals surface area contributed by atoms with Gasteiger partial charge in [-0.05, 0) is 11.6 Å². The van der Waals surface area contributed by atoms with E-state index in [4.69, 9.17) is 9.47 Å². The van der Waals surface area contributed by atoms with E-state index < -0.39 is 5.97 Å². The van der Waals surface area contributed by atoms with Gasteiger partial charge in [-0.3, -0.25) is 9.48 Å². The number of aromatic nitrogens is 4. The molecule has 1 aliphatic heterocycles. The van der Waals surface area contributed by atoms with Gasteiger partial charge >= 0.3 is 5.97 Å². The van der Waals surface area contributed by atoms with E-state index in [1.807, 2.05) is 35.2 Å². The molecule has 0 spiro atoms. The van der Waals surface area contributed by atoms with Crippen LogP contribution in [0.1, 0.15) is 28.0 Å². The molecule has 1 amide bonds. The molecule has 9 nitrogen and oxygen atoms in total. The summed E-state index contributed by atoms with van der Waals surface area (Å²) in [6.45, 7) is 1.90. The Kier molecular flexibility index (Phi) is 6.21. The number of esters is 1. The molecule has 160 valence electrons. The van der Waals surface area contributed by atoms with Crippen LogP contribution < -0.4 is 4.74 Å². The first-order valence-corrected chi connectivity index (χ1v) is 9.98. The van der Waals surface area contributed by atoms with Crippen LogP contribution in [0.2, 0.25) is 0 Å². The van der Waals surface area contributed by atoms with E-state index in [0.717, 1.165) is 5.56 Å². The normalized spacial score (nSPS) is 15.8. The predicted molar refractivity (Wildman–Crippen MR) is 110 cm³/mol. The first-order valence-electron chi connectivity index (χ1n) is 9.98. The van der Waals surface area contributed by atoms with Gasteiger partial charge in [-0.2, -0.15) is 0 Å². The summed E-state index contributed by atoms with van der Waals surface area (Å²) in [5, 5.41) is 8.16. The lowest BCUT2D eigenvalue weighted by Crippen LogP contribution is -2.25. The van der Waals surface area contributed by atoms with E-state index in [1.54, 1.807) is 23.0 Å². The van der Waals surface area contributed by atoms with Gasteiger partial charge in [0.2, 0.25) is 11.8 Å². The monoisotopic (exact) mass is 421 g/mol. The summed E-state index contributed by atoms with van der Waals surface area (Å²) in [5.74, 6) is 0.241. The first-order chi connectivity index (χ1) is 15.1. The van der Waals surface area contributed by atoms with E-state index in [2.05, 4.69) is 15.3 Å². The van der Waals surface area contributed by atoms with Gasteiger partial charge in [0.1, 0.15) is 12.3 Å². The Morgan fingerprint density at radius 3 is 2.77 bits per heavy atom. The molecule has 9 heteroatoms. The molecule has 1 unspecified atom stereocenters. The molecule has 2 aromatic heterocycles. The van der Waals surface area contributed by atoms with Gasteiger partial charge in [0.15, 0.2) is 0 Å². The molecule has 3 aromatic rings. The lowest BCUT2D eigenvalue weighted by Gasteiger charge is -2.16. The molecule has 1 aliphatic rings. The smallest absolute Gasteiger partial charge is 0.340 e. The lowest BCUT2D eigenvalue weighted by atomic mass is 10.1. The molecule has 1 saturated heterocycles. The highest BCUT2D eigenvalue weighted by Crippen LogP contribution is 2.21. The Labute approximate surface area is 179 Å². The maximum atomic E-state index is 12.3. The first kappa shape index (κ1) is 20.5. The molecule has 0 radical (unpaired) electrons. The van der Waals surface area contributed by atoms with E-state index in [-0.39, 0.29) is 18.4 Å². The zero-order valence-corrected chi connectivity index (χ0v) is 17.2. The molecular formula is C22H23N5O4. The van der Waals surface area contributed by atoms with Crippen molar-refractivity contribution in [1.29, 1.82) is 0 Å². The molecule has 1 fully saturated rings. The highest BCUT2D eigenvalue weighted by Gasteiger charge is 2.30. The number of likely N-dealkylation sites (tertiary alicyclic amines) is 1. The van der Waals surface area contributed by atoms with Crippen molar-refractivity contribution in [3.05, 3.63) is 71.7 Å². The number of ether oxygens (including phenoxy) is 2. The second-order valence-electron chi connectivity index (χ2n) is 7.43. The molecule has 4 rings (SSSR count). The molecule has 0 N–H and O–H groups in total. The zero-order chi connectivity index (χ0) is 21.6. The standard InChI is InChI=1S/C22H23N5O4/c1-30-20-8-7-18(10-23-20)22(29)31-15-19-14-27(25-24-19)13-17-9-21(28)26(12-17)11-16-5-3-2-4-6-16/h2-8,10,14,17H,9,11-13,15H2,1H3. The SMILES string of the molecule is COc1ccc(C(=O)OCc2cn(CC3CC(=O)N(Cc4ccccc4)C3)nn2)cn1. The van der Waals surface area contributed by atoms with Crippen LogP contribution in [-0.4, -0.2) is 50.4 Å². The highest BCUT2D eigenvalue weighted by molar-refractivity contribution is 5.89. The van der Waals surface area contributed by atoms with Gasteiger partial charge in [0.25, 0.3) is 0 Å². The van der Waals surface area contributed by atoms with Gasteiger partial charge < -0.3 is 14.4 Å². The number of benzene rings is 1. The lowest BCUT2D eigenvalue weighted by molar-refractivity contribution is -0.128. The summed E-state index contributed by atoms with van der Waals surface area (Å²) in [4.78, 5) is 30.3. The van der Waals surface area contributed by atoms with Crippen molar-refractivity contribution in [1.82, 2.24) is 24.9 Å². The number of amides is 1. The fraction of sp³-hybridized carbons (Fsp3) is 0.318. The van der Waals surface area contributed by atoms with Crippen molar-refractivity contribution in [2.75, 3.05) is 13.7 Å². The summed E-state index contributed by atoms with van der Waals surface area (Å²) in [6, 6.07) is 13.1. The van der Waals surface area contributed by atoms with Crippen LogP contribution in [0.25, 0.3) is 0 Å². The van der Waals surface area contributed by atoms with Gasteiger partial charge in [0, 0.05) is 44.2 Å². The van der Waals surface area contributed by atoms with E-state index in [1.165, 1.54) is 13.3 Å². The summed E-state index contributed by atoms with van der Waals surface area (Å²) < 4.78 is 11.9. The van der Waals surface area contributed by atoms with Crippen LogP contribution >= 0.6 is 0 Å². The minimum atomic E-state index is -0.498. The fourth-order valence-corrected chi connectivity index (χ4v) is 3.54. The van der Waals surface area contributed by atoms with Crippen LogP contribution in [0, 0.1) is 5.92 Å².